The van der Waals surface area contributed by atoms with Gasteiger partial charge in [-0.2, -0.15) is 0 Å². The van der Waals surface area contributed by atoms with Crippen molar-refractivity contribution < 1.29 is 9.53 Å². The van der Waals surface area contributed by atoms with Gasteiger partial charge in [-0.1, -0.05) is 62.4 Å². The highest BCUT2D eigenvalue weighted by atomic mass is 16.5. The predicted molar refractivity (Wildman–Crippen MR) is 117 cm³/mol. The van der Waals surface area contributed by atoms with Crippen molar-refractivity contribution >= 4 is 5.91 Å². The summed E-state index contributed by atoms with van der Waals surface area (Å²) in [5.41, 5.74) is 1.33. The highest BCUT2D eigenvalue weighted by molar-refractivity contribution is 5.87. The smallest absolute Gasteiger partial charge is 0.243 e. The van der Waals surface area contributed by atoms with Gasteiger partial charge in [-0.15, -0.1) is 0 Å². The van der Waals surface area contributed by atoms with Crippen LogP contribution in [0.25, 0.3) is 0 Å². The Morgan fingerprint density at radius 3 is 2.39 bits per heavy atom. The van der Waals surface area contributed by atoms with E-state index in [-0.39, 0.29) is 5.91 Å². The summed E-state index contributed by atoms with van der Waals surface area (Å²) >= 11 is 0. The van der Waals surface area contributed by atoms with E-state index in [0.29, 0.717) is 12.5 Å². The van der Waals surface area contributed by atoms with Gasteiger partial charge in [0.25, 0.3) is 0 Å². The van der Waals surface area contributed by atoms with Crippen molar-refractivity contribution in [1.29, 1.82) is 0 Å². The van der Waals surface area contributed by atoms with Crippen molar-refractivity contribution in [2.24, 2.45) is 5.92 Å². The Labute approximate surface area is 169 Å². The number of unbranched alkanes of at least 4 members (excludes halogenated alkanes) is 2. The number of aryl methyl sites for hydroxylation is 1. The summed E-state index contributed by atoms with van der Waals surface area (Å²) in [6, 6.07) is 18.1. The van der Waals surface area contributed by atoms with E-state index in [1.54, 1.807) is 12.2 Å². The van der Waals surface area contributed by atoms with E-state index >= 15 is 0 Å². The number of carbonyl (C=O) groups excluding carboxylic acids is 1. The molecule has 3 heteroatoms. The molecule has 0 heterocycles. The zero-order valence-corrected chi connectivity index (χ0v) is 16.9. The molecule has 0 radical (unpaired) electrons. The van der Waals surface area contributed by atoms with Crippen molar-refractivity contribution in [1.82, 2.24) is 5.32 Å². The molecule has 3 nitrogen and oxygen atoms in total. The fourth-order valence-corrected chi connectivity index (χ4v) is 2.62. The van der Waals surface area contributed by atoms with E-state index < -0.39 is 0 Å². The molecule has 148 valence electrons. The number of benzene rings is 2. The number of ether oxygens (including phenoxy) is 1. The molecule has 1 amide bonds. The maximum absolute atomic E-state index is 11.5. The Balaban J connectivity index is 1.60. The van der Waals surface area contributed by atoms with E-state index in [0.717, 1.165) is 37.2 Å². The normalized spacial score (nSPS) is 11.4. The lowest BCUT2D eigenvalue weighted by molar-refractivity contribution is -0.116. The fraction of sp³-hybridized carbons (Fsp3) is 0.320. The summed E-state index contributed by atoms with van der Waals surface area (Å²) in [4.78, 5) is 11.5. The molecule has 28 heavy (non-hydrogen) atoms. The first-order chi connectivity index (χ1) is 13.6. The Kier molecular flexibility index (Phi) is 9.64. The molecule has 1 N–H and O–H groups in total. The molecule has 0 saturated carbocycles. The molecule has 0 fully saturated rings. The van der Waals surface area contributed by atoms with Gasteiger partial charge in [0, 0.05) is 12.6 Å². The van der Waals surface area contributed by atoms with E-state index in [4.69, 9.17) is 4.74 Å². The average Bonchev–Trinajstić information content (AvgIpc) is 2.70. The first-order valence-electron chi connectivity index (χ1n) is 10.1. The number of allylic oxidation sites excluding steroid dienone is 3. The van der Waals surface area contributed by atoms with Crippen LogP contribution in [-0.2, 0) is 11.2 Å². The highest BCUT2D eigenvalue weighted by Gasteiger charge is 1.98. The summed E-state index contributed by atoms with van der Waals surface area (Å²) in [6.45, 7) is 4.87. The number of hydrogen-bond acceptors (Lipinski definition) is 2. The summed E-state index contributed by atoms with van der Waals surface area (Å²) in [7, 11) is 0. The van der Waals surface area contributed by atoms with Crippen LogP contribution in [0.4, 0.5) is 0 Å². The van der Waals surface area contributed by atoms with Gasteiger partial charge in [0.05, 0.1) is 0 Å². The van der Waals surface area contributed by atoms with E-state index in [2.05, 4.69) is 37.4 Å². The lowest BCUT2D eigenvalue weighted by Crippen LogP contribution is -2.25. The molecule has 0 aliphatic heterocycles. The molecule has 2 aromatic carbocycles. The summed E-state index contributed by atoms with van der Waals surface area (Å²) < 4.78 is 5.81. The minimum atomic E-state index is -0.0296. The van der Waals surface area contributed by atoms with Gasteiger partial charge in [0.1, 0.15) is 11.5 Å². The van der Waals surface area contributed by atoms with Crippen LogP contribution in [0.5, 0.6) is 11.5 Å². The van der Waals surface area contributed by atoms with E-state index in [1.807, 2.05) is 48.5 Å². The third-order valence-electron chi connectivity index (χ3n) is 4.17. The number of rotatable bonds is 11. The standard InChI is InChI=1S/C25H31NO2/c1-21(2)20-26-25(27)15-11-6-4-3-5-8-12-22-16-18-24(19-17-22)28-23-13-9-7-10-14-23/h4,6-7,9-11,13-19,21H,3,5,8,12,20H2,1-2H3,(H,26,27). The van der Waals surface area contributed by atoms with Gasteiger partial charge in [0.2, 0.25) is 5.91 Å². The predicted octanol–water partition coefficient (Wildman–Crippen LogP) is 6.08. The monoisotopic (exact) mass is 377 g/mol. The number of amides is 1. The third kappa shape index (κ3) is 9.22. The van der Waals surface area contributed by atoms with Crippen LogP contribution >= 0.6 is 0 Å². The van der Waals surface area contributed by atoms with Gasteiger partial charge in [0.15, 0.2) is 0 Å². The zero-order valence-electron chi connectivity index (χ0n) is 16.9. The van der Waals surface area contributed by atoms with Gasteiger partial charge in [-0.25, -0.2) is 0 Å². The first-order valence-corrected chi connectivity index (χ1v) is 10.1. The number of carbonyl (C=O) groups is 1. The van der Waals surface area contributed by atoms with Crippen LogP contribution < -0.4 is 10.1 Å². The summed E-state index contributed by atoms with van der Waals surface area (Å²) in [5, 5.41) is 2.86. The molecule has 0 spiro atoms. The maximum Gasteiger partial charge on any atom is 0.243 e. The van der Waals surface area contributed by atoms with Crippen molar-refractivity contribution in [3.8, 4) is 11.5 Å². The van der Waals surface area contributed by atoms with Gasteiger partial charge in [-0.3, -0.25) is 4.79 Å². The highest BCUT2D eigenvalue weighted by Crippen LogP contribution is 2.21. The molecular formula is C25H31NO2. The zero-order chi connectivity index (χ0) is 20.0. The lowest BCUT2D eigenvalue weighted by atomic mass is 10.1. The molecule has 2 rings (SSSR count). The minimum absolute atomic E-state index is 0.0296. The molecule has 0 aliphatic rings. The van der Waals surface area contributed by atoms with Crippen LogP contribution in [0.3, 0.4) is 0 Å². The topological polar surface area (TPSA) is 38.3 Å². The lowest BCUT2D eigenvalue weighted by Gasteiger charge is -2.06. The second-order valence-corrected chi connectivity index (χ2v) is 7.23. The van der Waals surface area contributed by atoms with Crippen LogP contribution in [0.1, 0.15) is 38.7 Å². The fourth-order valence-electron chi connectivity index (χ4n) is 2.62. The molecule has 2 aromatic rings. The molecular weight excluding hydrogens is 346 g/mol. The molecule has 0 aliphatic carbocycles. The summed E-state index contributed by atoms with van der Waals surface area (Å²) in [6.07, 6.45) is 11.8. The second kappa shape index (κ2) is 12.6. The molecule has 0 bridgehead atoms. The van der Waals surface area contributed by atoms with Crippen LogP contribution in [0.15, 0.2) is 78.9 Å². The number of nitrogens with one attached hydrogen (secondary N) is 1. The maximum atomic E-state index is 11.5. The van der Waals surface area contributed by atoms with Crippen LogP contribution in [-0.4, -0.2) is 12.5 Å². The van der Waals surface area contributed by atoms with Crippen molar-refractivity contribution in [2.75, 3.05) is 6.54 Å². The van der Waals surface area contributed by atoms with Gasteiger partial charge < -0.3 is 10.1 Å². The van der Waals surface area contributed by atoms with Crippen molar-refractivity contribution in [3.05, 3.63) is 84.5 Å². The van der Waals surface area contributed by atoms with Gasteiger partial charge in [-0.05, 0) is 61.4 Å². The number of hydrogen-bond donors (Lipinski definition) is 1. The Morgan fingerprint density at radius 2 is 1.68 bits per heavy atom. The van der Waals surface area contributed by atoms with E-state index in [9.17, 15) is 4.79 Å². The SMILES string of the molecule is CC(C)CNC(=O)C=CC=CCCCCc1ccc(Oc2ccccc2)cc1. The Bertz CT molecular complexity index is 746. The van der Waals surface area contributed by atoms with Gasteiger partial charge >= 0.3 is 0 Å². The number of para-hydroxylation sites is 1. The van der Waals surface area contributed by atoms with Crippen molar-refractivity contribution in [3.63, 3.8) is 0 Å². The average molecular weight is 378 g/mol. The second-order valence-electron chi connectivity index (χ2n) is 7.23. The Hall–Kier alpha value is -2.81. The molecule has 0 unspecified atom stereocenters. The summed E-state index contributed by atoms with van der Waals surface area (Å²) in [5.74, 6) is 2.16. The van der Waals surface area contributed by atoms with Crippen molar-refractivity contribution in [2.45, 2.75) is 39.5 Å². The van der Waals surface area contributed by atoms with Crippen LogP contribution in [0, 0.1) is 5.92 Å². The minimum Gasteiger partial charge on any atom is -0.457 e. The molecule has 0 saturated heterocycles. The van der Waals surface area contributed by atoms with E-state index in [1.165, 1.54) is 5.56 Å². The first kappa shape index (κ1) is 21.5. The largest absolute Gasteiger partial charge is 0.457 e. The molecule has 0 aromatic heterocycles. The third-order valence-corrected chi connectivity index (χ3v) is 4.17. The quantitative estimate of drug-likeness (QED) is 0.293. The molecule has 0 atom stereocenters. The van der Waals surface area contributed by atoms with Crippen LogP contribution in [0.2, 0.25) is 0 Å². The Morgan fingerprint density at radius 1 is 0.964 bits per heavy atom.